The van der Waals surface area contributed by atoms with E-state index in [0.717, 1.165) is 43.3 Å². The molecule has 5 nitrogen and oxygen atoms in total. The maximum absolute atomic E-state index is 11.9. The molecule has 1 fully saturated rings. The van der Waals surface area contributed by atoms with Gasteiger partial charge in [-0.15, -0.1) is 24.0 Å². The number of nitrogens with zero attached hydrogens (tertiary/aromatic N) is 1. The average molecular weight is 493 g/mol. The summed E-state index contributed by atoms with van der Waals surface area (Å²) in [4.78, 5) is 16.4. The minimum Gasteiger partial charge on any atom is -0.357 e. The Labute approximate surface area is 178 Å². The standard InChI is InChI=1S/C19H29ClN4O.HI/c1-2-21-19(22-12-10-15-6-5-7-16(20)14-15)23-13-11-18(25)24-17-8-3-4-9-17;/h5-7,14,17H,2-4,8-13H2,1H3,(H,24,25)(H2,21,22,23);1H. The number of rotatable bonds is 8. The molecule has 0 unspecified atom stereocenters. The maximum atomic E-state index is 11.9. The van der Waals surface area contributed by atoms with Gasteiger partial charge in [-0.1, -0.05) is 36.6 Å². The maximum Gasteiger partial charge on any atom is 0.222 e. The Balaban J connectivity index is 0.00000338. The SMILES string of the molecule is CCNC(=NCCC(=O)NC1CCCC1)NCCc1cccc(Cl)c1.I. The second-order valence-corrected chi connectivity index (χ2v) is 6.80. The minimum atomic E-state index is 0. The van der Waals surface area contributed by atoms with E-state index in [1.807, 2.05) is 25.1 Å². The van der Waals surface area contributed by atoms with E-state index >= 15 is 0 Å². The fourth-order valence-electron chi connectivity index (χ4n) is 3.00. The lowest BCUT2D eigenvalue weighted by Gasteiger charge is -2.13. The van der Waals surface area contributed by atoms with Gasteiger partial charge in [-0.2, -0.15) is 0 Å². The highest BCUT2D eigenvalue weighted by molar-refractivity contribution is 14.0. The van der Waals surface area contributed by atoms with Crippen LogP contribution in [0.3, 0.4) is 0 Å². The summed E-state index contributed by atoms with van der Waals surface area (Å²) < 4.78 is 0. The molecule has 2 rings (SSSR count). The molecule has 1 aromatic rings. The fourth-order valence-corrected chi connectivity index (χ4v) is 3.21. The average Bonchev–Trinajstić information content (AvgIpc) is 3.08. The molecule has 0 aliphatic heterocycles. The Morgan fingerprint density at radius 1 is 1.27 bits per heavy atom. The lowest BCUT2D eigenvalue weighted by molar-refractivity contribution is -0.121. The van der Waals surface area contributed by atoms with E-state index in [1.165, 1.54) is 18.4 Å². The number of aliphatic imine (C=N–C) groups is 1. The zero-order chi connectivity index (χ0) is 17.9. The fraction of sp³-hybridized carbons (Fsp3) is 0.579. The van der Waals surface area contributed by atoms with Crippen LogP contribution in [0.2, 0.25) is 5.02 Å². The van der Waals surface area contributed by atoms with E-state index in [2.05, 4.69) is 27.0 Å². The van der Waals surface area contributed by atoms with Gasteiger partial charge >= 0.3 is 0 Å². The monoisotopic (exact) mass is 492 g/mol. The van der Waals surface area contributed by atoms with Crippen molar-refractivity contribution in [2.45, 2.75) is 51.5 Å². The molecule has 1 saturated carbocycles. The largest absolute Gasteiger partial charge is 0.357 e. The Hall–Kier alpha value is -1.02. The summed E-state index contributed by atoms with van der Waals surface area (Å²) in [6.45, 7) is 4.07. The highest BCUT2D eigenvalue weighted by Gasteiger charge is 2.16. The summed E-state index contributed by atoms with van der Waals surface area (Å²) in [7, 11) is 0. The molecule has 0 saturated heterocycles. The molecule has 0 bridgehead atoms. The molecule has 3 N–H and O–H groups in total. The van der Waals surface area contributed by atoms with Crippen LogP contribution < -0.4 is 16.0 Å². The number of benzene rings is 1. The number of nitrogens with one attached hydrogen (secondary N) is 3. The number of hydrogen-bond donors (Lipinski definition) is 3. The van der Waals surface area contributed by atoms with Gasteiger partial charge < -0.3 is 16.0 Å². The third-order valence-corrected chi connectivity index (χ3v) is 4.50. The van der Waals surface area contributed by atoms with Crippen LogP contribution in [0.5, 0.6) is 0 Å². The number of hydrogen-bond acceptors (Lipinski definition) is 2. The van der Waals surface area contributed by atoms with Gasteiger partial charge in [0.1, 0.15) is 0 Å². The van der Waals surface area contributed by atoms with Crippen molar-refractivity contribution in [2.75, 3.05) is 19.6 Å². The van der Waals surface area contributed by atoms with Crippen molar-refractivity contribution >= 4 is 47.4 Å². The first-order chi connectivity index (χ1) is 12.2. The van der Waals surface area contributed by atoms with E-state index in [-0.39, 0.29) is 29.9 Å². The molecule has 1 amide bonds. The van der Waals surface area contributed by atoms with Gasteiger partial charge in [0, 0.05) is 30.6 Å². The van der Waals surface area contributed by atoms with Crippen LogP contribution in [0.1, 0.15) is 44.6 Å². The van der Waals surface area contributed by atoms with Crippen LogP contribution in [0, 0.1) is 0 Å². The molecule has 0 atom stereocenters. The van der Waals surface area contributed by atoms with Gasteiger partial charge in [-0.3, -0.25) is 9.79 Å². The molecule has 26 heavy (non-hydrogen) atoms. The number of carbonyl (C=O) groups excluding carboxylic acids is 1. The van der Waals surface area contributed by atoms with Crippen molar-refractivity contribution in [2.24, 2.45) is 4.99 Å². The quantitative estimate of drug-likeness (QED) is 0.296. The number of amides is 1. The molecule has 1 aromatic carbocycles. The summed E-state index contributed by atoms with van der Waals surface area (Å²) in [6.07, 6.45) is 5.98. The van der Waals surface area contributed by atoms with Crippen molar-refractivity contribution in [3.05, 3.63) is 34.9 Å². The Morgan fingerprint density at radius 2 is 2.04 bits per heavy atom. The molecule has 1 aliphatic carbocycles. The van der Waals surface area contributed by atoms with Crippen molar-refractivity contribution in [3.8, 4) is 0 Å². The molecule has 0 heterocycles. The lowest BCUT2D eigenvalue weighted by Crippen LogP contribution is -2.38. The topological polar surface area (TPSA) is 65.5 Å². The van der Waals surface area contributed by atoms with Crippen LogP contribution in [0.25, 0.3) is 0 Å². The summed E-state index contributed by atoms with van der Waals surface area (Å²) in [5.74, 6) is 0.851. The van der Waals surface area contributed by atoms with Crippen LogP contribution in [0.4, 0.5) is 0 Å². The van der Waals surface area contributed by atoms with Crippen LogP contribution in [-0.4, -0.2) is 37.5 Å². The van der Waals surface area contributed by atoms with Crippen LogP contribution in [0.15, 0.2) is 29.3 Å². The van der Waals surface area contributed by atoms with Gasteiger partial charge in [-0.05, 0) is 43.9 Å². The highest BCUT2D eigenvalue weighted by Crippen LogP contribution is 2.17. The van der Waals surface area contributed by atoms with Gasteiger partial charge in [0.15, 0.2) is 5.96 Å². The molecule has 0 spiro atoms. The number of halogens is 2. The lowest BCUT2D eigenvalue weighted by atomic mass is 10.1. The van der Waals surface area contributed by atoms with Crippen LogP contribution in [-0.2, 0) is 11.2 Å². The molecule has 7 heteroatoms. The molecule has 146 valence electrons. The first-order valence-electron chi connectivity index (χ1n) is 9.23. The highest BCUT2D eigenvalue weighted by atomic mass is 127. The summed E-state index contributed by atoms with van der Waals surface area (Å²) in [5, 5.41) is 10.4. The summed E-state index contributed by atoms with van der Waals surface area (Å²) in [5.41, 5.74) is 1.19. The van der Waals surface area contributed by atoms with E-state index < -0.39 is 0 Å². The summed E-state index contributed by atoms with van der Waals surface area (Å²) >= 11 is 6.00. The Bertz CT molecular complexity index is 576. The molecular weight excluding hydrogens is 463 g/mol. The van der Waals surface area contributed by atoms with Crippen LogP contribution >= 0.6 is 35.6 Å². The summed E-state index contributed by atoms with van der Waals surface area (Å²) in [6, 6.07) is 8.24. The third-order valence-electron chi connectivity index (χ3n) is 4.27. The minimum absolute atomic E-state index is 0. The zero-order valence-electron chi connectivity index (χ0n) is 15.4. The van der Waals surface area contributed by atoms with E-state index in [1.54, 1.807) is 0 Å². The zero-order valence-corrected chi connectivity index (χ0v) is 18.5. The third kappa shape index (κ3) is 9.07. The molecular formula is C19H30ClIN4O. The van der Waals surface area contributed by atoms with Gasteiger partial charge in [-0.25, -0.2) is 0 Å². The molecule has 1 aliphatic rings. The van der Waals surface area contributed by atoms with Crippen molar-refractivity contribution in [1.29, 1.82) is 0 Å². The predicted molar refractivity (Wildman–Crippen MR) is 120 cm³/mol. The van der Waals surface area contributed by atoms with E-state index in [9.17, 15) is 4.79 Å². The second kappa shape index (κ2) is 13.2. The molecule has 0 aromatic heterocycles. The van der Waals surface area contributed by atoms with Crippen molar-refractivity contribution < 1.29 is 4.79 Å². The van der Waals surface area contributed by atoms with Gasteiger partial charge in [0.05, 0.1) is 6.54 Å². The Morgan fingerprint density at radius 3 is 2.73 bits per heavy atom. The number of carbonyl (C=O) groups is 1. The van der Waals surface area contributed by atoms with E-state index in [0.29, 0.717) is 19.0 Å². The van der Waals surface area contributed by atoms with Crippen molar-refractivity contribution in [1.82, 2.24) is 16.0 Å². The smallest absolute Gasteiger partial charge is 0.222 e. The van der Waals surface area contributed by atoms with Gasteiger partial charge in [0.25, 0.3) is 0 Å². The van der Waals surface area contributed by atoms with Crippen molar-refractivity contribution in [3.63, 3.8) is 0 Å². The van der Waals surface area contributed by atoms with Gasteiger partial charge in [0.2, 0.25) is 5.91 Å². The first kappa shape index (κ1) is 23.0. The predicted octanol–water partition coefficient (Wildman–Crippen LogP) is 3.50. The normalized spacial score (nSPS) is 14.6. The second-order valence-electron chi connectivity index (χ2n) is 6.37. The number of guanidine groups is 1. The molecule has 0 radical (unpaired) electrons. The first-order valence-corrected chi connectivity index (χ1v) is 9.61. The Kier molecular flexibility index (Phi) is 11.7. The van der Waals surface area contributed by atoms with E-state index in [4.69, 9.17) is 11.6 Å².